The van der Waals surface area contributed by atoms with Crippen molar-refractivity contribution in [1.82, 2.24) is 10.6 Å². The van der Waals surface area contributed by atoms with Crippen molar-refractivity contribution in [3.8, 4) is 5.75 Å². The van der Waals surface area contributed by atoms with Crippen molar-refractivity contribution in [2.24, 2.45) is 0 Å². The zero-order chi connectivity index (χ0) is 12.7. The summed E-state index contributed by atoms with van der Waals surface area (Å²) in [7, 11) is 1.76. The minimum absolute atomic E-state index is 0.133. The third kappa shape index (κ3) is 4.03. The van der Waals surface area contributed by atoms with Gasteiger partial charge in [0.25, 0.3) is 5.91 Å². The molecule has 0 aliphatic heterocycles. The van der Waals surface area contributed by atoms with Gasteiger partial charge in [-0.1, -0.05) is 12.1 Å². The molecule has 1 aromatic carbocycles. The Kier molecular flexibility index (Phi) is 5.42. The molecule has 0 unspecified atom stereocenters. The number of likely N-dealkylation sites (N-methyl/N-ethyl adjacent to an activating group) is 1. The number of carbonyl (C=O) groups excluding carboxylic acids is 1. The van der Waals surface area contributed by atoms with Crippen LogP contribution in [0.1, 0.15) is 12.5 Å². The predicted octanol–water partition coefficient (Wildman–Crippen LogP) is 1.06. The van der Waals surface area contributed by atoms with Crippen LogP contribution in [0.4, 0.5) is 4.39 Å². The maximum absolute atomic E-state index is 13.5. The lowest BCUT2D eigenvalue weighted by molar-refractivity contribution is -0.123. The lowest BCUT2D eigenvalue weighted by Crippen LogP contribution is -2.28. The number of amides is 1. The summed E-state index contributed by atoms with van der Waals surface area (Å²) in [5.41, 5.74) is 0.691. The summed E-state index contributed by atoms with van der Waals surface area (Å²) in [4.78, 5) is 11.2. The molecule has 1 aromatic rings. The van der Waals surface area contributed by atoms with E-state index >= 15 is 0 Å². The molecule has 1 amide bonds. The van der Waals surface area contributed by atoms with E-state index in [0.29, 0.717) is 18.7 Å². The fourth-order valence-electron chi connectivity index (χ4n) is 1.43. The molecule has 0 radical (unpaired) electrons. The van der Waals surface area contributed by atoms with Gasteiger partial charge in [0.15, 0.2) is 18.2 Å². The minimum Gasteiger partial charge on any atom is -0.480 e. The van der Waals surface area contributed by atoms with Crippen LogP contribution in [0.25, 0.3) is 0 Å². The van der Waals surface area contributed by atoms with Gasteiger partial charge in [0.2, 0.25) is 0 Å². The van der Waals surface area contributed by atoms with Crippen molar-refractivity contribution in [2.45, 2.75) is 13.5 Å². The zero-order valence-electron chi connectivity index (χ0n) is 10.0. The highest BCUT2D eigenvalue weighted by molar-refractivity contribution is 5.77. The first-order chi connectivity index (χ1) is 8.19. The van der Waals surface area contributed by atoms with Crippen molar-refractivity contribution >= 4 is 5.91 Å². The molecule has 0 bridgehead atoms. The molecule has 0 spiro atoms. The maximum Gasteiger partial charge on any atom is 0.257 e. The second kappa shape index (κ2) is 6.85. The summed E-state index contributed by atoms with van der Waals surface area (Å²) in [5.74, 6) is -0.582. The molecular weight excluding hydrogens is 223 g/mol. The highest BCUT2D eigenvalue weighted by Gasteiger charge is 2.10. The quantitative estimate of drug-likeness (QED) is 0.781. The van der Waals surface area contributed by atoms with E-state index in [9.17, 15) is 9.18 Å². The molecule has 0 atom stereocenters. The highest BCUT2D eigenvalue weighted by atomic mass is 19.1. The van der Waals surface area contributed by atoms with Gasteiger partial charge < -0.3 is 15.4 Å². The van der Waals surface area contributed by atoms with Crippen LogP contribution in [0.15, 0.2) is 18.2 Å². The number of carbonyl (C=O) groups is 1. The third-order valence-corrected chi connectivity index (χ3v) is 2.14. The topological polar surface area (TPSA) is 50.4 Å². The van der Waals surface area contributed by atoms with Crippen LogP contribution in [0.5, 0.6) is 5.75 Å². The Bertz CT molecular complexity index is 383. The second-order valence-corrected chi connectivity index (χ2v) is 3.50. The molecule has 0 aliphatic carbocycles. The summed E-state index contributed by atoms with van der Waals surface area (Å²) >= 11 is 0. The molecule has 0 saturated carbocycles. The van der Waals surface area contributed by atoms with E-state index in [2.05, 4.69) is 10.6 Å². The lowest BCUT2D eigenvalue weighted by Gasteiger charge is -2.11. The Morgan fingerprint density at radius 1 is 1.47 bits per heavy atom. The van der Waals surface area contributed by atoms with Crippen LogP contribution in [0.3, 0.4) is 0 Å². The molecule has 0 saturated heterocycles. The molecule has 5 heteroatoms. The predicted molar refractivity (Wildman–Crippen MR) is 63.3 cm³/mol. The second-order valence-electron chi connectivity index (χ2n) is 3.50. The number of nitrogens with one attached hydrogen (secondary N) is 2. The van der Waals surface area contributed by atoms with Gasteiger partial charge in [-0.25, -0.2) is 4.39 Å². The SMILES string of the molecule is CCNC(=O)COc1c(F)cccc1CNC. The number of hydrogen-bond acceptors (Lipinski definition) is 3. The van der Waals surface area contributed by atoms with E-state index < -0.39 is 5.82 Å². The third-order valence-electron chi connectivity index (χ3n) is 2.14. The first kappa shape index (κ1) is 13.4. The van der Waals surface area contributed by atoms with Crippen molar-refractivity contribution in [3.05, 3.63) is 29.6 Å². The minimum atomic E-state index is -0.456. The van der Waals surface area contributed by atoms with Crippen LogP contribution in [-0.2, 0) is 11.3 Å². The Morgan fingerprint density at radius 3 is 2.88 bits per heavy atom. The zero-order valence-corrected chi connectivity index (χ0v) is 10.0. The average molecular weight is 240 g/mol. The largest absolute Gasteiger partial charge is 0.480 e. The van der Waals surface area contributed by atoms with E-state index in [1.807, 2.05) is 6.92 Å². The van der Waals surface area contributed by atoms with Crippen molar-refractivity contribution in [1.29, 1.82) is 0 Å². The Labute approximate surface area is 100 Å². The molecule has 94 valence electrons. The van der Waals surface area contributed by atoms with Gasteiger partial charge in [0.1, 0.15) is 0 Å². The Balaban J connectivity index is 2.71. The molecule has 0 heterocycles. The smallest absolute Gasteiger partial charge is 0.257 e. The fraction of sp³-hybridized carbons (Fsp3) is 0.417. The van der Waals surface area contributed by atoms with Crippen LogP contribution in [0.2, 0.25) is 0 Å². The fourth-order valence-corrected chi connectivity index (χ4v) is 1.43. The van der Waals surface area contributed by atoms with E-state index in [1.54, 1.807) is 19.2 Å². The first-order valence-electron chi connectivity index (χ1n) is 5.50. The summed E-state index contributed by atoms with van der Waals surface area (Å²) < 4.78 is 18.7. The van der Waals surface area contributed by atoms with E-state index in [1.165, 1.54) is 6.07 Å². The van der Waals surface area contributed by atoms with Crippen LogP contribution in [0, 0.1) is 5.82 Å². The van der Waals surface area contributed by atoms with Crippen LogP contribution >= 0.6 is 0 Å². The van der Waals surface area contributed by atoms with Gasteiger partial charge in [-0.3, -0.25) is 4.79 Å². The summed E-state index contributed by atoms with van der Waals surface area (Å²) in [6.07, 6.45) is 0. The first-order valence-corrected chi connectivity index (χ1v) is 5.50. The number of benzene rings is 1. The van der Waals surface area contributed by atoms with E-state index in [0.717, 1.165) is 0 Å². The van der Waals surface area contributed by atoms with E-state index in [-0.39, 0.29) is 18.3 Å². The molecule has 0 aromatic heterocycles. The number of rotatable bonds is 6. The molecular formula is C12H17FN2O2. The number of hydrogen-bond donors (Lipinski definition) is 2. The molecule has 1 rings (SSSR count). The highest BCUT2D eigenvalue weighted by Crippen LogP contribution is 2.22. The maximum atomic E-state index is 13.5. The van der Waals surface area contributed by atoms with Crippen molar-refractivity contribution in [3.63, 3.8) is 0 Å². The summed E-state index contributed by atoms with van der Waals surface area (Å²) in [5, 5.41) is 5.50. The lowest BCUT2D eigenvalue weighted by atomic mass is 10.2. The van der Waals surface area contributed by atoms with Crippen molar-refractivity contribution < 1.29 is 13.9 Å². The monoisotopic (exact) mass is 240 g/mol. The van der Waals surface area contributed by atoms with Gasteiger partial charge in [-0.2, -0.15) is 0 Å². The molecule has 0 fully saturated rings. The number of para-hydroxylation sites is 1. The Morgan fingerprint density at radius 2 is 2.24 bits per heavy atom. The normalized spacial score (nSPS) is 10.1. The van der Waals surface area contributed by atoms with Crippen molar-refractivity contribution in [2.75, 3.05) is 20.2 Å². The molecule has 0 aliphatic rings. The summed E-state index contributed by atoms with van der Waals surface area (Å²) in [6, 6.07) is 4.68. The van der Waals surface area contributed by atoms with Gasteiger partial charge in [0, 0.05) is 18.7 Å². The standard InChI is InChI=1S/C12H17FN2O2/c1-3-15-11(16)8-17-12-9(7-14-2)5-4-6-10(12)13/h4-6,14H,3,7-8H2,1-2H3,(H,15,16). The van der Waals surface area contributed by atoms with Crippen LogP contribution in [-0.4, -0.2) is 26.1 Å². The Hall–Kier alpha value is -1.62. The van der Waals surface area contributed by atoms with E-state index in [4.69, 9.17) is 4.74 Å². The van der Waals surface area contributed by atoms with Crippen LogP contribution < -0.4 is 15.4 Å². The average Bonchev–Trinajstić information content (AvgIpc) is 2.29. The van der Waals surface area contributed by atoms with Gasteiger partial charge in [0.05, 0.1) is 0 Å². The molecule has 4 nitrogen and oxygen atoms in total. The molecule has 2 N–H and O–H groups in total. The van der Waals surface area contributed by atoms with Gasteiger partial charge in [-0.15, -0.1) is 0 Å². The summed E-state index contributed by atoms with van der Waals surface area (Å²) in [6.45, 7) is 2.66. The van der Waals surface area contributed by atoms with Gasteiger partial charge in [-0.05, 0) is 20.0 Å². The number of halogens is 1. The molecule has 17 heavy (non-hydrogen) atoms. The van der Waals surface area contributed by atoms with Gasteiger partial charge >= 0.3 is 0 Å². The number of ether oxygens (including phenoxy) is 1.